The molecule has 1 fully saturated rings. The zero-order valence-electron chi connectivity index (χ0n) is 24.8. The van der Waals surface area contributed by atoms with Crippen molar-refractivity contribution in [2.75, 3.05) is 10.8 Å². The maximum absolute atomic E-state index is 14.2. The van der Waals surface area contributed by atoms with Crippen molar-refractivity contribution in [1.82, 2.24) is 10.2 Å². The van der Waals surface area contributed by atoms with E-state index in [1.165, 1.54) is 17.0 Å². The van der Waals surface area contributed by atoms with Crippen LogP contribution in [0.15, 0.2) is 71.6 Å². The molecule has 1 saturated carbocycles. The van der Waals surface area contributed by atoms with E-state index in [1.54, 1.807) is 44.2 Å². The van der Waals surface area contributed by atoms with E-state index in [0.717, 1.165) is 53.1 Å². The third kappa shape index (κ3) is 7.53. The van der Waals surface area contributed by atoms with Crippen molar-refractivity contribution < 1.29 is 18.0 Å². The van der Waals surface area contributed by atoms with Crippen LogP contribution in [0, 0.1) is 20.8 Å². The van der Waals surface area contributed by atoms with Gasteiger partial charge in [-0.05, 0) is 81.5 Å². The van der Waals surface area contributed by atoms with E-state index < -0.39 is 28.5 Å². The molecule has 2 amide bonds. The quantitative estimate of drug-likeness (QED) is 0.291. The molecule has 0 aromatic heterocycles. The van der Waals surface area contributed by atoms with Crippen molar-refractivity contribution in [3.8, 4) is 0 Å². The average Bonchev–Trinajstić information content (AvgIpc) is 2.97. The summed E-state index contributed by atoms with van der Waals surface area (Å²) in [4.78, 5) is 29.2. The van der Waals surface area contributed by atoms with Crippen molar-refractivity contribution in [1.29, 1.82) is 0 Å². The molecule has 0 heterocycles. The second-order valence-electron chi connectivity index (χ2n) is 11.2. The molecule has 3 aromatic carbocycles. The predicted octanol–water partition coefficient (Wildman–Crippen LogP) is 6.33. The summed E-state index contributed by atoms with van der Waals surface area (Å²) in [5, 5.41) is 3.49. The van der Waals surface area contributed by atoms with Crippen LogP contribution in [0.5, 0.6) is 0 Å². The highest BCUT2D eigenvalue weighted by Gasteiger charge is 2.34. The van der Waals surface area contributed by atoms with Crippen molar-refractivity contribution in [2.45, 2.75) is 83.3 Å². The number of rotatable bonds is 10. The van der Waals surface area contributed by atoms with Crippen LogP contribution in [0.2, 0.25) is 5.02 Å². The summed E-state index contributed by atoms with van der Waals surface area (Å²) in [7, 11) is -4.16. The van der Waals surface area contributed by atoms with Crippen LogP contribution in [-0.2, 0) is 26.2 Å². The zero-order valence-corrected chi connectivity index (χ0v) is 26.3. The third-order valence-corrected chi connectivity index (χ3v) is 10.1. The number of carbonyl (C=O) groups excluding carboxylic acids is 2. The van der Waals surface area contributed by atoms with Crippen LogP contribution in [0.3, 0.4) is 0 Å². The molecule has 1 atom stereocenters. The Balaban J connectivity index is 1.72. The van der Waals surface area contributed by atoms with Crippen LogP contribution in [0.25, 0.3) is 0 Å². The third-order valence-electron chi connectivity index (χ3n) is 8.05. The summed E-state index contributed by atoms with van der Waals surface area (Å²) in [6.07, 6.45) is 5.13. The van der Waals surface area contributed by atoms with E-state index in [1.807, 2.05) is 38.1 Å². The summed E-state index contributed by atoms with van der Waals surface area (Å²) in [5.74, 6) is -0.727. The first-order chi connectivity index (χ1) is 20.0. The van der Waals surface area contributed by atoms with Gasteiger partial charge in [0.25, 0.3) is 10.0 Å². The Kier molecular flexibility index (Phi) is 10.3. The van der Waals surface area contributed by atoms with Gasteiger partial charge in [-0.1, -0.05) is 78.9 Å². The molecule has 1 aliphatic carbocycles. The summed E-state index contributed by atoms with van der Waals surface area (Å²) in [6.45, 7) is 6.98. The van der Waals surface area contributed by atoms with Gasteiger partial charge in [0.05, 0.1) is 10.6 Å². The maximum atomic E-state index is 14.2. The van der Waals surface area contributed by atoms with E-state index in [4.69, 9.17) is 11.6 Å². The Bertz CT molecular complexity index is 1520. The van der Waals surface area contributed by atoms with Crippen LogP contribution in [-0.4, -0.2) is 43.8 Å². The SMILES string of the molecule is Cc1ccc(S(=O)(=O)N(CC(=O)N(Cc2ccccc2C)[C@@H](C)C(=O)NC2CCCCC2)c2cc(Cl)ccc2C)cc1. The van der Waals surface area contributed by atoms with Gasteiger partial charge in [0.1, 0.15) is 12.6 Å². The molecule has 0 saturated heterocycles. The number of halogens is 1. The number of amides is 2. The summed E-state index contributed by atoms with van der Waals surface area (Å²) in [5.41, 5.74) is 3.74. The molecule has 0 radical (unpaired) electrons. The Hall–Kier alpha value is -3.36. The molecular formula is C33H40ClN3O4S. The Morgan fingerprint density at radius 3 is 2.26 bits per heavy atom. The first-order valence-electron chi connectivity index (χ1n) is 14.5. The molecule has 4 rings (SSSR count). The van der Waals surface area contributed by atoms with Gasteiger partial charge in [-0.25, -0.2) is 8.42 Å². The van der Waals surface area contributed by atoms with Crippen LogP contribution in [0.4, 0.5) is 5.69 Å². The van der Waals surface area contributed by atoms with E-state index in [-0.39, 0.29) is 23.4 Å². The number of aryl methyl sites for hydroxylation is 3. The molecule has 9 heteroatoms. The van der Waals surface area contributed by atoms with Gasteiger partial charge < -0.3 is 10.2 Å². The van der Waals surface area contributed by atoms with Gasteiger partial charge >= 0.3 is 0 Å². The number of hydrogen-bond donors (Lipinski definition) is 1. The highest BCUT2D eigenvalue weighted by molar-refractivity contribution is 7.92. The molecule has 42 heavy (non-hydrogen) atoms. The topological polar surface area (TPSA) is 86.8 Å². The van der Waals surface area contributed by atoms with Gasteiger partial charge in [0.15, 0.2) is 0 Å². The minimum atomic E-state index is -4.16. The number of carbonyl (C=O) groups is 2. The molecule has 0 unspecified atom stereocenters. The van der Waals surface area contributed by atoms with Crippen LogP contribution in [0.1, 0.15) is 61.3 Å². The molecule has 0 aliphatic heterocycles. The molecule has 224 valence electrons. The van der Waals surface area contributed by atoms with E-state index in [9.17, 15) is 18.0 Å². The maximum Gasteiger partial charge on any atom is 0.264 e. The van der Waals surface area contributed by atoms with Crippen molar-refractivity contribution in [3.63, 3.8) is 0 Å². The lowest BCUT2D eigenvalue weighted by Crippen LogP contribution is -2.53. The Labute approximate surface area is 254 Å². The fourth-order valence-electron chi connectivity index (χ4n) is 5.32. The number of hydrogen-bond acceptors (Lipinski definition) is 4. The lowest BCUT2D eigenvalue weighted by atomic mass is 9.95. The highest BCUT2D eigenvalue weighted by atomic mass is 35.5. The van der Waals surface area contributed by atoms with Crippen LogP contribution >= 0.6 is 11.6 Å². The fraction of sp³-hybridized carbons (Fsp3) is 0.394. The van der Waals surface area contributed by atoms with Gasteiger partial charge in [-0.2, -0.15) is 0 Å². The Morgan fingerprint density at radius 2 is 1.60 bits per heavy atom. The lowest BCUT2D eigenvalue weighted by Gasteiger charge is -2.34. The monoisotopic (exact) mass is 609 g/mol. The number of benzene rings is 3. The van der Waals surface area contributed by atoms with Crippen LogP contribution < -0.4 is 9.62 Å². The van der Waals surface area contributed by atoms with Crippen molar-refractivity contribution >= 4 is 39.1 Å². The van der Waals surface area contributed by atoms with Crippen molar-refractivity contribution in [2.24, 2.45) is 0 Å². The first-order valence-corrected chi connectivity index (χ1v) is 16.3. The number of nitrogens with zero attached hydrogens (tertiary/aromatic N) is 2. The molecular weight excluding hydrogens is 570 g/mol. The molecule has 3 aromatic rings. The molecule has 0 bridgehead atoms. The number of sulfonamides is 1. The van der Waals surface area contributed by atoms with Gasteiger partial charge in [0, 0.05) is 17.6 Å². The zero-order chi connectivity index (χ0) is 30.4. The van der Waals surface area contributed by atoms with Crippen molar-refractivity contribution in [3.05, 3.63) is 94.0 Å². The number of anilines is 1. The van der Waals surface area contributed by atoms with Gasteiger partial charge in [-0.15, -0.1) is 0 Å². The standard InChI is InChI=1S/C33H40ClN3O4S/c1-23-14-18-30(19-15-23)42(40,41)37(31-20-28(34)17-16-25(31)3)22-32(38)36(21-27-11-9-8-10-24(27)2)26(4)33(39)35-29-12-6-5-7-13-29/h8-11,14-20,26,29H,5-7,12-13,21-22H2,1-4H3,(H,35,39)/t26-/m0/s1. The number of nitrogens with one attached hydrogen (secondary N) is 1. The molecule has 7 nitrogen and oxygen atoms in total. The minimum Gasteiger partial charge on any atom is -0.352 e. The smallest absolute Gasteiger partial charge is 0.264 e. The van der Waals surface area contributed by atoms with E-state index in [0.29, 0.717) is 16.3 Å². The second kappa shape index (κ2) is 13.7. The molecule has 1 aliphatic rings. The summed E-state index contributed by atoms with van der Waals surface area (Å²) < 4.78 is 29.3. The molecule has 1 N–H and O–H groups in total. The average molecular weight is 610 g/mol. The Morgan fingerprint density at radius 1 is 0.929 bits per heavy atom. The normalized spacial score (nSPS) is 14.7. The fourth-order valence-corrected chi connectivity index (χ4v) is 6.96. The van der Waals surface area contributed by atoms with Gasteiger partial charge in [-0.3, -0.25) is 13.9 Å². The van der Waals surface area contributed by atoms with E-state index in [2.05, 4.69) is 5.32 Å². The first kappa shape index (κ1) is 31.6. The predicted molar refractivity (Wildman–Crippen MR) is 168 cm³/mol. The minimum absolute atomic E-state index is 0.0637. The molecule has 0 spiro atoms. The second-order valence-corrected chi connectivity index (χ2v) is 13.5. The van der Waals surface area contributed by atoms with Gasteiger partial charge in [0.2, 0.25) is 11.8 Å². The summed E-state index contributed by atoms with van der Waals surface area (Å²) >= 11 is 6.32. The highest BCUT2D eigenvalue weighted by Crippen LogP contribution is 2.30. The summed E-state index contributed by atoms with van der Waals surface area (Å²) in [6, 6.07) is 18.4. The largest absolute Gasteiger partial charge is 0.352 e. The van der Waals surface area contributed by atoms with E-state index >= 15 is 0 Å². The lowest BCUT2D eigenvalue weighted by molar-refractivity contribution is -0.139.